The molecule has 0 aliphatic rings. The molecule has 1 heterocycles. The summed E-state index contributed by atoms with van der Waals surface area (Å²) in [5.74, 6) is 0. The highest BCUT2D eigenvalue weighted by molar-refractivity contribution is 7.89. The van der Waals surface area contributed by atoms with Gasteiger partial charge in [0.05, 0.1) is 6.07 Å². The fourth-order valence-corrected chi connectivity index (χ4v) is 2.79. The third-order valence-corrected chi connectivity index (χ3v) is 4.35. The van der Waals surface area contributed by atoms with Gasteiger partial charge in [-0.1, -0.05) is 18.5 Å². The van der Waals surface area contributed by atoms with Crippen LogP contribution in [0.5, 0.6) is 0 Å². The van der Waals surface area contributed by atoms with Crippen molar-refractivity contribution in [2.24, 2.45) is 0 Å². The molecule has 0 N–H and O–H groups in total. The highest BCUT2D eigenvalue weighted by atomic mass is 35.5. The maximum atomic E-state index is 12.1. The Kier molecular flexibility index (Phi) is 4.87. The monoisotopic (exact) mass is 273 g/mol. The summed E-state index contributed by atoms with van der Waals surface area (Å²) in [5.41, 5.74) is 0. The number of nitriles is 1. The van der Waals surface area contributed by atoms with Gasteiger partial charge in [0.2, 0.25) is 10.0 Å². The SMILES string of the molecule is CCN(CCC#N)S(=O)(=O)c1ccc(Cl)nc1. The summed E-state index contributed by atoms with van der Waals surface area (Å²) >= 11 is 5.60. The predicted octanol–water partition coefficient (Wildman–Crippen LogP) is 1.66. The van der Waals surface area contributed by atoms with E-state index in [-0.39, 0.29) is 23.0 Å². The van der Waals surface area contributed by atoms with E-state index in [4.69, 9.17) is 16.9 Å². The third kappa shape index (κ3) is 3.40. The highest BCUT2D eigenvalue weighted by Crippen LogP contribution is 2.16. The van der Waals surface area contributed by atoms with E-state index in [2.05, 4.69) is 4.98 Å². The van der Waals surface area contributed by atoms with Gasteiger partial charge >= 0.3 is 0 Å². The smallest absolute Gasteiger partial charge is 0.243 e. The molecule has 0 radical (unpaired) electrons. The number of pyridine rings is 1. The zero-order valence-electron chi connectivity index (χ0n) is 9.30. The molecule has 0 aliphatic heterocycles. The standard InChI is InChI=1S/C10H12ClN3O2S/c1-2-14(7-3-6-12)17(15,16)9-4-5-10(11)13-8-9/h4-5,8H,2-3,7H2,1H3. The van der Waals surface area contributed by atoms with Crippen LogP contribution in [0.1, 0.15) is 13.3 Å². The minimum atomic E-state index is -3.58. The van der Waals surface area contributed by atoms with Gasteiger partial charge in [0, 0.05) is 25.7 Å². The first-order valence-electron chi connectivity index (χ1n) is 5.01. The second-order valence-electron chi connectivity index (χ2n) is 3.22. The van der Waals surface area contributed by atoms with E-state index < -0.39 is 10.0 Å². The third-order valence-electron chi connectivity index (χ3n) is 2.16. The average Bonchev–Trinajstić information content (AvgIpc) is 2.30. The number of sulfonamides is 1. The maximum Gasteiger partial charge on any atom is 0.244 e. The molecule has 0 saturated carbocycles. The average molecular weight is 274 g/mol. The largest absolute Gasteiger partial charge is 0.244 e. The zero-order valence-corrected chi connectivity index (χ0v) is 10.9. The summed E-state index contributed by atoms with van der Waals surface area (Å²) < 4.78 is 25.5. The van der Waals surface area contributed by atoms with Crippen LogP contribution in [0.4, 0.5) is 0 Å². The van der Waals surface area contributed by atoms with Gasteiger partial charge in [0.25, 0.3) is 0 Å². The van der Waals surface area contributed by atoms with Crippen LogP contribution in [0, 0.1) is 11.3 Å². The topological polar surface area (TPSA) is 74.1 Å². The van der Waals surface area contributed by atoms with Crippen LogP contribution in [0.3, 0.4) is 0 Å². The minimum Gasteiger partial charge on any atom is -0.243 e. The molecule has 0 amide bonds. The molecule has 92 valence electrons. The van der Waals surface area contributed by atoms with Crippen molar-refractivity contribution in [3.8, 4) is 6.07 Å². The van der Waals surface area contributed by atoms with Gasteiger partial charge in [-0.3, -0.25) is 0 Å². The van der Waals surface area contributed by atoms with Gasteiger partial charge in [-0.05, 0) is 12.1 Å². The molecule has 5 nitrogen and oxygen atoms in total. The molecule has 0 saturated heterocycles. The second-order valence-corrected chi connectivity index (χ2v) is 5.55. The summed E-state index contributed by atoms with van der Waals surface area (Å²) in [6.07, 6.45) is 1.38. The van der Waals surface area contributed by atoms with E-state index in [1.807, 2.05) is 6.07 Å². The lowest BCUT2D eigenvalue weighted by atomic mass is 10.5. The van der Waals surface area contributed by atoms with Crippen molar-refractivity contribution in [2.75, 3.05) is 13.1 Å². The van der Waals surface area contributed by atoms with Crippen LogP contribution >= 0.6 is 11.6 Å². The Hall–Kier alpha value is -1.16. The predicted molar refractivity (Wildman–Crippen MR) is 63.9 cm³/mol. The first kappa shape index (κ1) is 13.9. The number of hydrogen-bond acceptors (Lipinski definition) is 4. The van der Waals surface area contributed by atoms with Crippen molar-refractivity contribution >= 4 is 21.6 Å². The fraction of sp³-hybridized carbons (Fsp3) is 0.400. The molecule has 17 heavy (non-hydrogen) atoms. The van der Waals surface area contributed by atoms with E-state index in [0.717, 1.165) is 0 Å². The number of aromatic nitrogens is 1. The van der Waals surface area contributed by atoms with E-state index in [0.29, 0.717) is 6.54 Å². The summed E-state index contributed by atoms with van der Waals surface area (Å²) in [4.78, 5) is 3.82. The maximum absolute atomic E-state index is 12.1. The van der Waals surface area contributed by atoms with Crippen molar-refractivity contribution in [3.63, 3.8) is 0 Å². The van der Waals surface area contributed by atoms with Gasteiger partial charge in [0.1, 0.15) is 10.0 Å². The van der Waals surface area contributed by atoms with Gasteiger partial charge in [-0.2, -0.15) is 9.57 Å². The van der Waals surface area contributed by atoms with Crippen molar-refractivity contribution in [3.05, 3.63) is 23.5 Å². The number of halogens is 1. The summed E-state index contributed by atoms with van der Waals surface area (Å²) in [5, 5.41) is 8.72. The van der Waals surface area contributed by atoms with Crippen LogP contribution in [-0.2, 0) is 10.0 Å². The van der Waals surface area contributed by atoms with Crippen LogP contribution in [-0.4, -0.2) is 30.8 Å². The molecule has 0 aliphatic carbocycles. The molecule has 0 fully saturated rings. The van der Waals surface area contributed by atoms with Crippen LogP contribution in [0.25, 0.3) is 0 Å². The molecule has 0 spiro atoms. The number of rotatable bonds is 5. The molecule has 1 aromatic heterocycles. The van der Waals surface area contributed by atoms with E-state index in [1.165, 1.54) is 22.6 Å². The van der Waals surface area contributed by atoms with Crippen LogP contribution in [0.15, 0.2) is 23.2 Å². The Balaban J connectivity index is 3.00. The molecule has 0 atom stereocenters. The lowest BCUT2D eigenvalue weighted by Crippen LogP contribution is -2.31. The van der Waals surface area contributed by atoms with Crippen molar-refractivity contribution in [1.29, 1.82) is 5.26 Å². The van der Waals surface area contributed by atoms with Gasteiger partial charge in [-0.25, -0.2) is 13.4 Å². The Morgan fingerprint density at radius 2 is 2.24 bits per heavy atom. The highest BCUT2D eigenvalue weighted by Gasteiger charge is 2.22. The first-order valence-corrected chi connectivity index (χ1v) is 6.82. The van der Waals surface area contributed by atoms with Crippen LogP contribution in [0.2, 0.25) is 5.15 Å². The Morgan fingerprint density at radius 1 is 1.53 bits per heavy atom. The molecule has 1 rings (SSSR count). The molecule has 1 aromatic rings. The Morgan fingerprint density at radius 3 is 2.71 bits per heavy atom. The molecule has 7 heteroatoms. The van der Waals surface area contributed by atoms with E-state index >= 15 is 0 Å². The summed E-state index contributed by atoms with van der Waals surface area (Å²) in [6, 6.07) is 4.75. The lowest BCUT2D eigenvalue weighted by molar-refractivity contribution is 0.434. The van der Waals surface area contributed by atoms with E-state index in [9.17, 15) is 8.42 Å². The molecular formula is C10H12ClN3O2S. The van der Waals surface area contributed by atoms with Gasteiger partial charge in [0.15, 0.2) is 0 Å². The van der Waals surface area contributed by atoms with Gasteiger partial charge in [-0.15, -0.1) is 0 Å². The van der Waals surface area contributed by atoms with Crippen LogP contribution < -0.4 is 0 Å². The summed E-state index contributed by atoms with van der Waals surface area (Å²) in [7, 11) is -3.58. The van der Waals surface area contributed by atoms with Crippen molar-refractivity contribution in [1.82, 2.24) is 9.29 Å². The number of nitrogens with zero attached hydrogens (tertiary/aromatic N) is 3. The quantitative estimate of drug-likeness (QED) is 0.765. The molecular weight excluding hydrogens is 262 g/mol. The number of hydrogen-bond donors (Lipinski definition) is 0. The minimum absolute atomic E-state index is 0.0849. The molecule has 0 unspecified atom stereocenters. The second kappa shape index (κ2) is 5.96. The zero-order chi connectivity index (χ0) is 12.9. The molecule has 0 bridgehead atoms. The lowest BCUT2D eigenvalue weighted by Gasteiger charge is -2.18. The first-order chi connectivity index (χ1) is 8.02. The molecule has 0 aromatic carbocycles. The van der Waals surface area contributed by atoms with E-state index in [1.54, 1.807) is 6.92 Å². The Labute approximate surface area is 106 Å². The van der Waals surface area contributed by atoms with Gasteiger partial charge < -0.3 is 0 Å². The Bertz CT molecular complexity index is 507. The summed E-state index contributed by atoms with van der Waals surface area (Å²) in [6.45, 7) is 2.21. The van der Waals surface area contributed by atoms with Crippen molar-refractivity contribution in [2.45, 2.75) is 18.2 Å². The fourth-order valence-electron chi connectivity index (χ4n) is 1.29. The normalized spacial score (nSPS) is 11.4. The van der Waals surface area contributed by atoms with Crippen molar-refractivity contribution < 1.29 is 8.42 Å².